The Balaban J connectivity index is 2.02. The number of fused-ring (bicyclic) bond motifs is 4. The van der Waals surface area contributed by atoms with Crippen LogP contribution in [-0.2, 0) is 0 Å². The first-order chi connectivity index (χ1) is 11.4. The summed E-state index contributed by atoms with van der Waals surface area (Å²) in [5.74, 6) is 1.01. The lowest BCUT2D eigenvalue weighted by Crippen LogP contribution is -2.02. The van der Waals surface area contributed by atoms with Crippen molar-refractivity contribution in [2.75, 3.05) is 0 Å². The summed E-state index contributed by atoms with van der Waals surface area (Å²) in [6.07, 6.45) is 0. The lowest BCUT2D eigenvalue weighted by molar-refractivity contribution is 1.07. The molecule has 0 atom stereocenters. The Bertz CT molecular complexity index is 1110. The summed E-state index contributed by atoms with van der Waals surface area (Å²) >= 11 is 0. The van der Waals surface area contributed by atoms with Gasteiger partial charge in [0, 0.05) is 16.6 Å². The van der Waals surface area contributed by atoms with Gasteiger partial charge in [-0.25, -0.2) is 4.98 Å². The summed E-state index contributed by atoms with van der Waals surface area (Å²) < 4.78 is 2.25. The van der Waals surface area contributed by atoms with Gasteiger partial charge < -0.3 is 0 Å². The van der Waals surface area contributed by atoms with Crippen LogP contribution in [0.1, 0.15) is 0 Å². The molecule has 2 heteroatoms. The fourth-order valence-corrected chi connectivity index (χ4v) is 3.33. The third-order valence-corrected chi connectivity index (χ3v) is 4.37. The van der Waals surface area contributed by atoms with Crippen molar-refractivity contribution in [3.63, 3.8) is 0 Å². The molecule has 23 heavy (non-hydrogen) atoms. The van der Waals surface area contributed by atoms with Crippen molar-refractivity contribution in [1.29, 1.82) is 0 Å². The van der Waals surface area contributed by atoms with Gasteiger partial charge in [-0.15, -0.1) is 0 Å². The Morgan fingerprint density at radius 1 is 0.696 bits per heavy atom. The molecule has 0 saturated heterocycles. The SMILES string of the molecule is c1ccc(-n2c3nc4ccccc4c-3cc3ccccc32)cc1. The van der Waals surface area contributed by atoms with E-state index in [1.165, 1.54) is 21.9 Å². The van der Waals surface area contributed by atoms with Crippen LogP contribution in [0.4, 0.5) is 0 Å². The first-order valence-corrected chi connectivity index (χ1v) is 7.76. The molecule has 2 heterocycles. The minimum Gasteiger partial charge on any atom is -0.294 e. The molecule has 0 saturated carbocycles. The molecule has 0 N–H and O–H groups in total. The van der Waals surface area contributed by atoms with E-state index in [-0.39, 0.29) is 0 Å². The number of benzene rings is 3. The second kappa shape index (κ2) is 4.68. The zero-order chi connectivity index (χ0) is 15.2. The van der Waals surface area contributed by atoms with Crippen molar-refractivity contribution in [1.82, 2.24) is 9.55 Å². The summed E-state index contributed by atoms with van der Waals surface area (Å²) in [6, 6.07) is 29.5. The number of nitrogens with zero attached hydrogens (tertiary/aromatic N) is 2. The zero-order valence-electron chi connectivity index (χ0n) is 12.5. The van der Waals surface area contributed by atoms with E-state index >= 15 is 0 Å². The number of hydrogen-bond acceptors (Lipinski definition) is 1. The molecule has 3 aromatic rings. The van der Waals surface area contributed by atoms with Gasteiger partial charge in [0.25, 0.3) is 0 Å². The Morgan fingerprint density at radius 2 is 1.43 bits per heavy atom. The van der Waals surface area contributed by atoms with Crippen LogP contribution in [-0.4, -0.2) is 9.55 Å². The van der Waals surface area contributed by atoms with Crippen LogP contribution in [0.25, 0.3) is 38.9 Å². The molecule has 0 spiro atoms. The van der Waals surface area contributed by atoms with Crippen LogP contribution in [0, 0.1) is 0 Å². The summed E-state index contributed by atoms with van der Waals surface area (Å²) in [5.41, 5.74) is 4.55. The van der Waals surface area contributed by atoms with Gasteiger partial charge in [-0.3, -0.25) is 4.57 Å². The number of hydrogen-bond donors (Lipinski definition) is 0. The molecular weight excluding hydrogens is 280 g/mol. The molecule has 0 aromatic heterocycles. The molecule has 2 nitrogen and oxygen atoms in total. The Hall–Kier alpha value is -3.13. The molecule has 108 valence electrons. The van der Waals surface area contributed by atoms with E-state index in [0.717, 1.165) is 17.0 Å². The highest BCUT2D eigenvalue weighted by molar-refractivity contribution is 6.01. The average molecular weight is 294 g/mol. The van der Waals surface area contributed by atoms with Gasteiger partial charge >= 0.3 is 0 Å². The molecular formula is C21H14N2. The predicted molar refractivity (Wildman–Crippen MR) is 95.2 cm³/mol. The monoisotopic (exact) mass is 294 g/mol. The van der Waals surface area contributed by atoms with Gasteiger partial charge in [0.1, 0.15) is 5.82 Å². The van der Waals surface area contributed by atoms with Crippen molar-refractivity contribution >= 4 is 21.8 Å². The third kappa shape index (κ3) is 1.78. The fourth-order valence-electron chi connectivity index (χ4n) is 3.33. The topological polar surface area (TPSA) is 17.8 Å². The largest absolute Gasteiger partial charge is 0.294 e. The minimum atomic E-state index is 1.01. The molecule has 0 amide bonds. The third-order valence-electron chi connectivity index (χ3n) is 4.37. The van der Waals surface area contributed by atoms with E-state index in [4.69, 9.17) is 4.98 Å². The van der Waals surface area contributed by atoms with Gasteiger partial charge in [-0.1, -0.05) is 54.6 Å². The minimum absolute atomic E-state index is 1.01. The number of rotatable bonds is 1. The standard InChI is InChI=1S/C21H14N2/c1-2-9-16(10-3-1)23-20-13-7-4-8-15(20)14-18-17-11-5-6-12-19(17)22-21(18)23/h1-14H. The maximum absolute atomic E-state index is 4.90. The van der Waals surface area contributed by atoms with Crippen LogP contribution in [0.3, 0.4) is 0 Å². The van der Waals surface area contributed by atoms with E-state index < -0.39 is 0 Å². The number of para-hydroxylation sites is 3. The Kier molecular flexibility index (Phi) is 2.53. The van der Waals surface area contributed by atoms with E-state index in [1.807, 2.05) is 12.1 Å². The highest BCUT2D eigenvalue weighted by Crippen LogP contribution is 2.36. The Morgan fingerprint density at radius 3 is 2.35 bits per heavy atom. The van der Waals surface area contributed by atoms with E-state index in [0.29, 0.717) is 0 Å². The predicted octanol–water partition coefficient (Wildman–Crippen LogP) is 5.28. The first-order valence-electron chi connectivity index (χ1n) is 7.76. The zero-order valence-corrected chi connectivity index (χ0v) is 12.5. The molecule has 0 unspecified atom stereocenters. The van der Waals surface area contributed by atoms with Gasteiger partial charge in [-0.2, -0.15) is 0 Å². The van der Waals surface area contributed by atoms with E-state index in [9.17, 15) is 0 Å². The van der Waals surface area contributed by atoms with Crippen LogP contribution >= 0.6 is 0 Å². The molecule has 0 aliphatic carbocycles. The molecule has 2 aliphatic heterocycles. The quantitative estimate of drug-likeness (QED) is 0.411. The van der Waals surface area contributed by atoms with Gasteiger partial charge in [-0.05, 0) is 35.7 Å². The summed E-state index contributed by atoms with van der Waals surface area (Å²) in [4.78, 5) is 4.90. The molecule has 5 rings (SSSR count). The van der Waals surface area contributed by atoms with Crippen LogP contribution < -0.4 is 0 Å². The molecule has 3 aromatic carbocycles. The summed E-state index contributed by atoms with van der Waals surface area (Å²) in [6.45, 7) is 0. The van der Waals surface area contributed by atoms with Gasteiger partial charge in [0.2, 0.25) is 0 Å². The number of aromatic nitrogens is 2. The van der Waals surface area contributed by atoms with Gasteiger partial charge in [0.15, 0.2) is 0 Å². The normalized spacial score (nSPS) is 11.5. The average Bonchev–Trinajstić information content (AvgIpc) is 2.98. The van der Waals surface area contributed by atoms with Crippen LogP contribution in [0.2, 0.25) is 0 Å². The highest BCUT2D eigenvalue weighted by atomic mass is 15.1. The summed E-state index contributed by atoms with van der Waals surface area (Å²) in [5, 5.41) is 2.43. The maximum Gasteiger partial charge on any atom is 0.146 e. The molecule has 2 aliphatic rings. The molecule has 0 fully saturated rings. The van der Waals surface area contributed by atoms with Crippen molar-refractivity contribution in [3.05, 3.63) is 84.9 Å². The van der Waals surface area contributed by atoms with E-state index in [1.54, 1.807) is 0 Å². The Labute approximate surface area is 134 Å². The first kappa shape index (κ1) is 12.4. The lowest BCUT2D eigenvalue weighted by Gasteiger charge is -2.16. The van der Waals surface area contributed by atoms with Crippen LogP contribution in [0.15, 0.2) is 84.9 Å². The highest BCUT2D eigenvalue weighted by Gasteiger charge is 2.18. The second-order valence-corrected chi connectivity index (χ2v) is 5.74. The van der Waals surface area contributed by atoms with Crippen molar-refractivity contribution < 1.29 is 0 Å². The van der Waals surface area contributed by atoms with Crippen LogP contribution in [0.5, 0.6) is 0 Å². The maximum atomic E-state index is 4.90. The lowest BCUT2D eigenvalue weighted by atomic mass is 10.1. The fraction of sp³-hybridized carbons (Fsp3) is 0. The number of pyridine rings is 1. The van der Waals surface area contributed by atoms with E-state index in [2.05, 4.69) is 77.4 Å². The van der Waals surface area contributed by atoms with Crippen molar-refractivity contribution in [3.8, 4) is 17.1 Å². The summed E-state index contributed by atoms with van der Waals surface area (Å²) in [7, 11) is 0. The second-order valence-electron chi connectivity index (χ2n) is 5.74. The molecule has 0 bridgehead atoms. The van der Waals surface area contributed by atoms with Gasteiger partial charge in [0.05, 0.1) is 11.0 Å². The molecule has 0 radical (unpaired) electrons. The smallest absolute Gasteiger partial charge is 0.146 e. The van der Waals surface area contributed by atoms with Crippen molar-refractivity contribution in [2.45, 2.75) is 0 Å². The van der Waals surface area contributed by atoms with Crippen molar-refractivity contribution in [2.24, 2.45) is 0 Å².